The largest absolute Gasteiger partial charge is 0.493 e. The minimum atomic E-state index is -0.796. The second-order valence-corrected chi connectivity index (χ2v) is 8.93. The lowest BCUT2D eigenvalue weighted by Gasteiger charge is -2.30. The number of nitrogens with one attached hydrogen (secondary N) is 1. The number of carbonyl (C=O) groups is 2. The van der Waals surface area contributed by atoms with E-state index in [1.165, 1.54) is 23.9 Å². The van der Waals surface area contributed by atoms with Gasteiger partial charge in [-0.1, -0.05) is 36.4 Å². The van der Waals surface area contributed by atoms with E-state index in [0.29, 0.717) is 22.8 Å². The summed E-state index contributed by atoms with van der Waals surface area (Å²) < 4.78 is 25.0. The zero-order valence-electron chi connectivity index (χ0n) is 19.1. The van der Waals surface area contributed by atoms with Crippen molar-refractivity contribution >= 4 is 29.3 Å². The SMILES string of the molecule is COc1ccc(C2SCC(C(=O)Nc3ccccc3F)N2C(=O)c2ccccc2C)cc1OC. The normalized spacial score (nSPS) is 17.4. The van der Waals surface area contributed by atoms with Crippen LogP contribution in [0, 0.1) is 12.7 Å². The molecule has 2 unspecified atom stereocenters. The molecular formula is C26H25FN2O4S. The molecule has 8 heteroatoms. The first-order chi connectivity index (χ1) is 16.4. The Labute approximate surface area is 202 Å². The van der Waals surface area contributed by atoms with Crippen molar-refractivity contribution in [2.45, 2.75) is 18.3 Å². The summed E-state index contributed by atoms with van der Waals surface area (Å²) in [6.45, 7) is 1.86. The highest BCUT2D eigenvalue weighted by Gasteiger charge is 2.43. The third-order valence-electron chi connectivity index (χ3n) is 5.74. The van der Waals surface area contributed by atoms with Crippen molar-refractivity contribution in [3.05, 3.63) is 89.2 Å². The maximum atomic E-state index is 14.2. The van der Waals surface area contributed by atoms with Gasteiger partial charge in [-0.05, 0) is 48.4 Å². The number of para-hydroxylation sites is 1. The average Bonchev–Trinajstić information content (AvgIpc) is 3.30. The molecule has 3 aromatic carbocycles. The smallest absolute Gasteiger partial charge is 0.256 e. The Morgan fingerprint density at radius 1 is 1.00 bits per heavy atom. The number of methoxy groups -OCH3 is 2. The number of halogens is 1. The monoisotopic (exact) mass is 480 g/mol. The van der Waals surface area contributed by atoms with E-state index in [-0.39, 0.29) is 11.6 Å². The third kappa shape index (κ3) is 4.59. The van der Waals surface area contributed by atoms with Gasteiger partial charge in [0.1, 0.15) is 17.2 Å². The van der Waals surface area contributed by atoms with Crippen LogP contribution in [0.4, 0.5) is 10.1 Å². The zero-order valence-corrected chi connectivity index (χ0v) is 19.9. The molecule has 176 valence electrons. The number of carbonyl (C=O) groups excluding carboxylic acids is 2. The quantitative estimate of drug-likeness (QED) is 0.535. The molecule has 34 heavy (non-hydrogen) atoms. The van der Waals surface area contributed by atoms with Gasteiger partial charge in [-0.3, -0.25) is 9.59 Å². The van der Waals surface area contributed by atoms with Gasteiger partial charge in [0.15, 0.2) is 11.5 Å². The van der Waals surface area contributed by atoms with Crippen LogP contribution < -0.4 is 14.8 Å². The molecule has 0 spiro atoms. The molecule has 1 fully saturated rings. The van der Waals surface area contributed by atoms with Crippen LogP contribution in [0.15, 0.2) is 66.7 Å². The maximum Gasteiger partial charge on any atom is 0.256 e. The summed E-state index contributed by atoms with van der Waals surface area (Å²) in [5.41, 5.74) is 2.20. The van der Waals surface area contributed by atoms with Crippen LogP contribution in [0.1, 0.15) is 26.9 Å². The highest BCUT2D eigenvalue weighted by atomic mass is 32.2. The van der Waals surface area contributed by atoms with E-state index < -0.39 is 23.1 Å². The van der Waals surface area contributed by atoms with E-state index in [2.05, 4.69) is 5.32 Å². The van der Waals surface area contributed by atoms with E-state index in [1.54, 1.807) is 49.5 Å². The predicted molar refractivity (Wildman–Crippen MR) is 131 cm³/mol. The molecule has 1 aliphatic rings. The Balaban J connectivity index is 1.72. The van der Waals surface area contributed by atoms with Crippen molar-refractivity contribution < 1.29 is 23.5 Å². The molecule has 0 saturated carbocycles. The molecule has 0 radical (unpaired) electrons. The standard InChI is InChI=1S/C26H25FN2O4S/c1-16-8-4-5-9-18(16)25(31)29-21(24(30)28-20-11-7-6-10-19(20)27)15-34-26(29)17-12-13-22(32-2)23(14-17)33-3/h4-14,21,26H,15H2,1-3H3,(H,28,30). The third-order valence-corrected chi connectivity index (χ3v) is 7.06. The Kier molecular flexibility index (Phi) is 7.07. The summed E-state index contributed by atoms with van der Waals surface area (Å²) in [4.78, 5) is 28.6. The van der Waals surface area contributed by atoms with Crippen LogP contribution in [0.5, 0.6) is 11.5 Å². The number of amides is 2. The van der Waals surface area contributed by atoms with Crippen LogP contribution in [0.25, 0.3) is 0 Å². The maximum absolute atomic E-state index is 14.2. The van der Waals surface area contributed by atoms with Crippen molar-refractivity contribution in [1.82, 2.24) is 4.90 Å². The Morgan fingerprint density at radius 2 is 1.71 bits per heavy atom. The topological polar surface area (TPSA) is 67.9 Å². The summed E-state index contributed by atoms with van der Waals surface area (Å²) in [7, 11) is 3.10. The minimum absolute atomic E-state index is 0.0790. The van der Waals surface area contributed by atoms with Gasteiger partial charge >= 0.3 is 0 Å². The van der Waals surface area contributed by atoms with Crippen LogP contribution in [-0.2, 0) is 4.79 Å². The number of nitrogens with zero attached hydrogens (tertiary/aromatic N) is 1. The highest BCUT2D eigenvalue weighted by Crippen LogP contribution is 2.44. The highest BCUT2D eigenvalue weighted by molar-refractivity contribution is 7.99. The van der Waals surface area contributed by atoms with E-state index in [9.17, 15) is 14.0 Å². The van der Waals surface area contributed by atoms with Crippen LogP contribution >= 0.6 is 11.8 Å². The van der Waals surface area contributed by atoms with Crippen molar-refractivity contribution in [2.24, 2.45) is 0 Å². The lowest BCUT2D eigenvalue weighted by Crippen LogP contribution is -2.45. The summed E-state index contributed by atoms with van der Waals surface area (Å²) in [6, 6.07) is 17.9. The molecular weight excluding hydrogens is 455 g/mol. The van der Waals surface area contributed by atoms with E-state index >= 15 is 0 Å². The Morgan fingerprint density at radius 3 is 2.41 bits per heavy atom. The summed E-state index contributed by atoms with van der Waals surface area (Å²) in [5.74, 6) is 0.216. The van der Waals surface area contributed by atoms with Gasteiger partial charge in [-0.25, -0.2) is 4.39 Å². The molecule has 0 bridgehead atoms. The Hall–Kier alpha value is -3.52. The van der Waals surface area contributed by atoms with Gasteiger partial charge in [0.05, 0.1) is 19.9 Å². The number of thioether (sulfide) groups is 1. The number of rotatable bonds is 6. The number of aryl methyl sites for hydroxylation is 1. The Bertz CT molecular complexity index is 1220. The lowest BCUT2D eigenvalue weighted by molar-refractivity contribution is -0.119. The van der Waals surface area contributed by atoms with Crippen molar-refractivity contribution in [2.75, 3.05) is 25.3 Å². The molecule has 0 aliphatic carbocycles. The molecule has 2 atom stereocenters. The molecule has 6 nitrogen and oxygen atoms in total. The second kappa shape index (κ2) is 10.2. The van der Waals surface area contributed by atoms with Crippen molar-refractivity contribution in [3.63, 3.8) is 0 Å². The first-order valence-corrected chi connectivity index (χ1v) is 11.8. The van der Waals surface area contributed by atoms with Crippen molar-refractivity contribution in [1.29, 1.82) is 0 Å². The fourth-order valence-electron chi connectivity index (χ4n) is 3.95. The van der Waals surface area contributed by atoms with Gasteiger partial charge < -0.3 is 19.7 Å². The summed E-state index contributed by atoms with van der Waals surface area (Å²) in [6.07, 6.45) is 0. The van der Waals surface area contributed by atoms with Crippen LogP contribution in [0.3, 0.4) is 0 Å². The average molecular weight is 481 g/mol. The molecule has 1 saturated heterocycles. The van der Waals surface area contributed by atoms with Gasteiger partial charge in [0.25, 0.3) is 5.91 Å². The minimum Gasteiger partial charge on any atom is -0.493 e. The number of benzene rings is 3. The predicted octanol–water partition coefficient (Wildman–Crippen LogP) is 5.05. The number of anilines is 1. The van der Waals surface area contributed by atoms with E-state index in [0.717, 1.165) is 11.1 Å². The summed E-state index contributed by atoms with van der Waals surface area (Å²) >= 11 is 1.47. The molecule has 1 heterocycles. The van der Waals surface area contributed by atoms with Gasteiger partial charge in [0, 0.05) is 11.3 Å². The molecule has 1 aliphatic heterocycles. The molecule has 0 aromatic heterocycles. The first kappa shape index (κ1) is 23.6. The van der Waals surface area contributed by atoms with Gasteiger partial charge in [-0.2, -0.15) is 0 Å². The number of hydrogen-bond donors (Lipinski definition) is 1. The number of hydrogen-bond acceptors (Lipinski definition) is 5. The van der Waals surface area contributed by atoms with E-state index in [1.807, 2.05) is 31.2 Å². The summed E-state index contributed by atoms with van der Waals surface area (Å²) in [5, 5.41) is 2.21. The molecule has 2 amide bonds. The molecule has 1 N–H and O–H groups in total. The van der Waals surface area contributed by atoms with Crippen LogP contribution in [-0.4, -0.2) is 42.7 Å². The number of ether oxygens (including phenoxy) is 2. The fraction of sp³-hybridized carbons (Fsp3) is 0.231. The fourth-order valence-corrected chi connectivity index (χ4v) is 5.37. The second-order valence-electron chi connectivity index (χ2n) is 7.81. The lowest BCUT2D eigenvalue weighted by atomic mass is 10.1. The van der Waals surface area contributed by atoms with Gasteiger partial charge in [-0.15, -0.1) is 11.8 Å². The van der Waals surface area contributed by atoms with Crippen LogP contribution in [0.2, 0.25) is 0 Å². The van der Waals surface area contributed by atoms with Gasteiger partial charge in [0.2, 0.25) is 5.91 Å². The van der Waals surface area contributed by atoms with E-state index in [4.69, 9.17) is 9.47 Å². The van der Waals surface area contributed by atoms with Crippen molar-refractivity contribution in [3.8, 4) is 11.5 Å². The molecule has 3 aromatic rings. The first-order valence-electron chi connectivity index (χ1n) is 10.7. The molecule has 4 rings (SSSR count). The zero-order chi connectivity index (χ0) is 24.2.